The third-order valence-electron chi connectivity index (χ3n) is 5.49. The highest BCUT2D eigenvalue weighted by molar-refractivity contribution is 7.98. The van der Waals surface area contributed by atoms with E-state index in [4.69, 9.17) is 0 Å². The maximum absolute atomic E-state index is 12.6. The van der Waals surface area contributed by atoms with Crippen molar-refractivity contribution in [2.75, 3.05) is 0 Å². The summed E-state index contributed by atoms with van der Waals surface area (Å²) in [6, 6.07) is 14.3. The molecule has 1 fully saturated rings. The Morgan fingerprint density at radius 2 is 1.77 bits per heavy atom. The highest BCUT2D eigenvalue weighted by atomic mass is 32.2. The predicted molar refractivity (Wildman–Crippen MR) is 118 cm³/mol. The summed E-state index contributed by atoms with van der Waals surface area (Å²) in [6.07, 6.45) is 9.14. The lowest BCUT2D eigenvalue weighted by Gasteiger charge is -2.20. The van der Waals surface area contributed by atoms with E-state index in [-0.39, 0.29) is 11.8 Å². The van der Waals surface area contributed by atoms with Crippen molar-refractivity contribution in [3.8, 4) is 0 Å². The smallest absolute Gasteiger partial charge is 0.223 e. The molecule has 0 bridgehead atoms. The molecule has 1 aromatic carbocycles. The molecule has 1 saturated carbocycles. The van der Waals surface area contributed by atoms with Crippen molar-refractivity contribution in [3.63, 3.8) is 0 Å². The lowest BCUT2D eigenvalue weighted by Crippen LogP contribution is -2.32. The van der Waals surface area contributed by atoms with Gasteiger partial charge in [-0.15, -0.1) is 10.2 Å². The van der Waals surface area contributed by atoms with Gasteiger partial charge in [-0.25, -0.2) is 0 Å². The van der Waals surface area contributed by atoms with E-state index < -0.39 is 0 Å². The maximum atomic E-state index is 12.6. The number of hydrogen-bond acceptors (Lipinski definition) is 5. The average Bonchev–Trinajstić information content (AvgIpc) is 3.19. The summed E-state index contributed by atoms with van der Waals surface area (Å²) in [6.45, 7) is 1.09. The number of aromatic nitrogens is 4. The van der Waals surface area contributed by atoms with Crippen molar-refractivity contribution in [1.82, 2.24) is 25.1 Å². The van der Waals surface area contributed by atoms with Crippen LogP contribution in [0.5, 0.6) is 0 Å². The predicted octanol–water partition coefficient (Wildman–Crippen LogP) is 4.21. The molecule has 0 saturated heterocycles. The monoisotopic (exact) mass is 421 g/mol. The molecule has 0 unspecified atom stereocenters. The number of hydrogen-bond donors (Lipinski definition) is 1. The fourth-order valence-electron chi connectivity index (χ4n) is 3.78. The lowest BCUT2D eigenvalue weighted by atomic mass is 9.89. The molecule has 1 N–H and O–H groups in total. The lowest BCUT2D eigenvalue weighted by molar-refractivity contribution is -0.126. The molecule has 1 amide bonds. The Balaban J connectivity index is 1.47. The van der Waals surface area contributed by atoms with Crippen molar-refractivity contribution in [3.05, 3.63) is 71.8 Å². The summed E-state index contributed by atoms with van der Waals surface area (Å²) in [5.41, 5.74) is 2.37. The van der Waals surface area contributed by atoms with Gasteiger partial charge in [0.1, 0.15) is 0 Å². The van der Waals surface area contributed by atoms with Crippen molar-refractivity contribution in [1.29, 1.82) is 0 Å². The van der Waals surface area contributed by atoms with Gasteiger partial charge in [-0.2, -0.15) is 0 Å². The summed E-state index contributed by atoms with van der Waals surface area (Å²) in [7, 11) is 0. The number of nitrogens with zero attached hydrogens (tertiary/aromatic N) is 4. The van der Waals surface area contributed by atoms with Crippen LogP contribution in [0, 0.1) is 5.92 Å². The first-order valence-corrected chi connectivity index (χ1v) is 11.5. The zero-order valence-corrected chi connectivity index (χ0v) is 17.9. The van der Waals surface area contributed by atoms with Crippen LogP contribution in [0.2, 0.25) is 0 Å². The van der Waals surface area contributed by atoms with Crippen LogP contribution in [-0.4, -0.2) is 25.7 Å². The number of carbonyl (C=O) groups is 1. The average molecular weight is 422 g/mol. The molecule has 2 heterocycles. The number of carbonyl (C=O) groups excluding carboxylic acids is 1. The molecule has 30 heavy (non-hydrogen) atoms. The van der Waals surface area contributed by atoms with Crippen LogP contribution in [-0.2, 0) is 23.6 Å². The van der Waals surface area contributed by atoms with E-state index in [1.165, 1.54) is 17.5 Å². The highest BCUT2D eigenvalue weighted by Crippen LogP contribution is 2.25. The Morgan fingerprint density at radius 3 is 2.53 bits per heavy atom. The fraction of sp³-hybridized carbons (Fsp3) is 0.391. The van der Waals surface area contributed by atoms with Gasteiger partial charge in [-0.3, -0.25) is 9.78 Å². The fourth-order valence-corrected chi connectivity index (χ4v) is 4.70. The standard InChI is InChI=1S/C23H27N5OS/c29-22(20-9-5-2-6-10-20)25-15-21-26-27-23(30-17-19-11-13-24-14-12-19)28(21)16-18-7-3-1-4-8-18/h1,3-4,7-8,11-14,20H,2,5-6,9-10,15-17H2,(H,25,29). The van der Waals surface area contributed by atoms with Crippen LogP contribution in [0.4, 0.5) is 0 Å². The summed E-state index contributed by atoms with van der Waals surface area (Å²) in [5.74, 6) is 1.88. The van der Waals surface area contributed by atoms with E-state index in [9.17, 15) is 4.79 Å². The SMILES string of the molecule is O=C(NCc1nnc(SCc2ccncc2)n1Cc1ccccc1)C1CCCCC1. The first-order valence-electron chi connectivity index (χ1n) is 10.5. The topological polar surface area (TPSA) is 72.7 Å². The molecule has 0 spiro atoms. The van der Waals surface area contributed by atoms with Crippen LogP contribution < -0.4 is 5.32 Å². The summed E-state index contributed by atoms with van der Waals surface area (Å²) in [4.78, 5) is 16.7. The number of amides is 1. The van der Waals surface area contributed by atoms with Gasteiger partial charge in [0, 0.05) is 24.1 Å². The van der Waals surface area contributed by atoms with Crippen molar-refractivity contribution >= 4 is 17.7 Å². The third-order valence-corrected chi connectivity index (χ3v) is 6.53. The molecule has 1 aliphatic carbocycles. The van der Waals surface area contributed by atoms with Gasteiger partial charge in [-0.05, 0) is 36.1 Å². The summed E-state index contributed by atoms with van der Waals surface area (Å²) >= 11 is 1.65. The van der Waals surface area contributed by atoms with Crippen LogP contribution in [0.15, 0.2) is 60.0 Å². The van der Waals surface area contributed by atoms with Gasteiger partial charge in [0.25, 0.3) is 0 Å². The third kappa shape index (κ3) is 5.48. The van der Waals surface area contributed by atoms with Gasteiger partial charge in [0.05, 0.1) is 13.1 Å². The Kier molecular flexibility index (Phi) is 7.13. The second-order valence-corrected chi connectivity index (χ2v) is 8.61. The van der Waals surface area contributed by atoms with Crippen molar-refractivity contribution < 1.29 is 4.79 Å². The van der Waals surface area contributed by atoms with Gasteiger partial charge in [-0.1, -0.05) is 61.4 Å². The van der Waals surface area contributed by atoms with E-state index >= 15 is 0 Å². The minimum Gasteiger partial charge on any atom is -0.349 e. The minimum atomic E-state index is 0.143. The second kappa shape index (κ2) is 10.4. The van der Waals surface area contributed by atoms with Crippen LogP contribution >= 0.6 is 11.8 Å². The van der Waals surface area contributed by atoms with Gasteiger partial charge in [0.2, 0.25) is 5.91 Å². The molecular formula is C23H27N5OS. The van der Waals surface area contributed by atoms with Gasteiger partial charge < -0.3 is 9.88 Å². The van der Waals surface area contributed by atoms with Gasteiger partial charge in [0.15, 0.2) is 11.0 Å². The zero-order valence-electron chi connectivity index (χ0n) is 17.0. The Labute approximate surface area is 181 Å². The molecule has 156 valence electrons. The molecule has 6 nitrogen and oxygen atoms in total. The summed E-state index contributed by atoms with van der Waals surface area (Å²) < 4.78 is 2.11. The first kappa shape index (κ1) is 20.6. The largest absolute Gasteiger partial charge is 0.349 e. The molecule has 0 radical (unpaired) electrons. The van der Waals surface area contributed by atoms with E-state index in [1.54, 1.807) is 24.2 Å². The molecule has 3 aromatic rings. The number of pyridine rings is 1. The van der Waals surface area contributed by atoms with Crippen molar-refractivity contribution in [2.45, 2.75) is 56.1 Å². The quantitative estimate of drug-likeness (QED) is 0.552. The minimum absolute atomic E-state index is 0.143. The van der Waals surface area contributed by atoms with Crippen LogP contribution in [0.3, 0.4) is 0 Å². The maximum Gasteiger partial charge on any atom is 0.223 e. The number of benzene rings is 1. The molecule has 7 heteroatoms. The first-order chi connectivity index (χ1) is 14.8. The number of thioether (sulfide) groups is 1. The molecule has 2 aromatic heterocycles. The second-order valence-electron chi connectivity index (χ2n) is 7.67. The van der Waals surface area contributed by atoms with E-state index in [0.717, 1.165) is 42.4 Å². The van der Waals surface area contributed by atoms with Crippen LogP contribution in [0.25, 0.3) is 0 Å². The molecule has 4 rings (SSSR count). The Hall–Kier alpha value is -2.67. The van der Waals surface area contributed by atoms with E-state index in [2.05, 4.69) is 37.2 Å². The highest BCUT2D eigenvalue weighted by Gasteiger charge is 2.22. The van der Waals surface area contributed by atoms with Crippen molar-refractivity contribution in [2.24, 2.45) is 5.92 Å². The molecule has 0 aliphatic heterocycles. The normalized spacial score (nSPS) is 14.5. The summed E-state index contributed by atoms with van der Waals surface area (Å²) in [5, 5.41) is 12.8. The molecule has 1 aliphatic rings. The molecule has 0 atom stereocenters. The Morgan fingerprint density at radius 1 is 1.00 bits per heavy atom. The van der Waals surface area contributed by atoms with E-state index in [0.29, 0.717) is 13.1 Å². The molecular weight excluding hydrogens is 394 g/mol. The van der Waals surface area contributed by atoms with Crippen LogP contribution in [0.1, 0.15) is 49.1 Å². The number of rotatable bonds is 8. The van der Waals surface area contributed by atoms with Gasteiger partial charge >= 0.3 is 0 Å². The van der Waals surface area contributed by atoms with E-state index in [1.807, 2.05) is 30.3 Å². The Bertz CT molecular complexity index is 939. The zero-order chi connectivity index (χ0) is 20.6. The number of nitrogens with one attached hydrogen (secondary N) is 1.